The zero-order valence-corrected chi connectivity index (χ0v) is 14.6. The van der Waals surface area contributed by atoms with Gasteiger partial charge in [-0.2, -0.15) is 8.42 Å². The summed E-state index contributed by atoms with van der Waals surface area (Å²) < 4.78 is 57.5. The zero-order chi connectivity index (χ0) is 18.1. The molecule has 0 aliphatic carbocycles. The molecule has 0 aliphatic heterocycles. The second-order valence-electron chi connectivity index (χ2n) is 4.86. The predicted molar refractivity (Wildman–Crippen MR) is 87.0 cm³/mol. The Kier molecular flexibility index (Phi) is 4.67. The molecule has 1 heterocycles. The highest BCUT2D eigenvalue weighted by atomic mass is 32.2. The van der Waals surface area contributed by atoms with E-state index in [0.29, 0.717) is 0 Å². The van der Waals surface area contributed by atoms with Crippen molar-refractivity contribution in [2.75, 3.05) is 24.3 Å². The molecule has 1 aromatic carbocycles. The van der Waals surface area contributed by atoms with Gasteiger partial charge in [-0.15, -0.1) is 0 Å². The van der Waals surface area contributed by atoms with Gasteiger partial charge in [-0.1, -0.05) is 6.07 Å². The number of hydrogen-bond acceptors (Lipinski definition) is 8. The fourth-order valence-electron chi connectivity index (χ4n) is 1.94. The molecule has 0 spiro atoms. The van der Waals surface area contributed by atoms with Crippen molar-refractivity contribution in [3.63, 3.8) is 0 Å². The van der Waals surface area contributed by atoms with Crippen molar-refractivity contribution in [3.8, 4) is 5.75 Å². The lowest BCUT2D eigenvalue weighted by Crippen LogP contribution is -2.12. The number of hydrogen-bond donors (Lipinski definition) is 1. The van der Waals surface area contributed by atoms with Crippen LogP contribution in [0.1, 0.15) is 10.5 Å². The summed E-state index contributed by atoms with van der Waals surface area (Å²) in [5, 5.41) is 0.210. The third kappa shape index (κ3) is 4.32. The average Bonchev–Trinajstić information content (AvgIpc) is 2.43. The Morgan fingerprint density at radius 2 is 1.83 bits per heavy atom. The van der Waals surface area contributed by atoms with Crippen LogP contribution in [0.4, 0.5) is 5.69 Å². The van der Waals surface area contributed by atoms with Crippen LogP contribution in [0.5, 0.6) is 5.75 Å². The Morgan fingerprint density at radius 1 is 1.17 bits per heavy atom. The van der Waals surface area contributed by atoms with E-state index in [1.54, 1.807) is 0 Å². The summed E-state index contributed by atoms with van der Waals surface area (Å²) in [6, 6.07) is 5.50. The Balaban J connectivity index is 2.80. The lowest BCUT2D eigenvalue weighted by Gasteiger charge is -2.12. The van der Waals surface area contributed by atoms with E-state index >= 15 is 0 Å². The third-order valence-corrected chi connectivity index (χ3v) is 3.81. The molecule has 2 aromatic rings. The van der Waals surface area contributed by atoms with Gasteiger partial charge in [-0.3, -0.25) is 4.72 Å². The lowest BCUT2D eigenvalue weighted by molar-refractivity contribution is 0.0594. The number of pyridine rings is 1. The summed E-state index contributed by atoms with van der Waals surface area (Å²) in [5.74, 6) is -0.996. The second kappa shape index (κ2) is 6.24. The molecule has 11 heteroatoms. The highest BCUT2D eigenvalue weighted by Gasteiger charge is 2.19. The average molecular weight is 374 g/mol. The standard InChI is InChI=1S/C13H14N2O7S2/c1-21-13(16)10-7-11(22-24(3,19)20)8-5-4-6-9(12(8)14-10)15-23(2,17)18/h4-7,15H,1-3H3. The number of benzene rings is 1. The van der Waals surface area contributed by atoms with Gasteiger partial charge in [0.25, 0.3) is 0 Å². The van der Waals surface area contributed by atoms with Crippen molar-refractivity contribution in [2.45, 2.75) is 0 Å². The molecule has 0 aliphatic rings. The van der Waals surface area contributed by atoms with Gasteiger partial charge in [-0.05, 0) is 12.1 Å². The van der Waals surface area contributed by atoms with Crippen LogP contribution in [0.2, 0.25) is 0 Å². The van der Waals surface area contributed by atoms with Crippen molar-refractivity contribution in [2.24, 2.45) is 0 Å². The van der Waals surface area contributed by atoms with Gasteiger partial charge in [-0.25, -0.2) is 18.2 Å². The summed E-state index contributed by atoms with van der Waals surface area (Å²) >= 11 is 0. The van der Waals surface area contributed by atoms with Gasteiger partial charge in [0.2, 0.25) is 10.0 Å². The number of esters is 1. The van der Waals surface area contributed by atoms with E-state index in [-0.39, 0.29) is 28.0 Å². The highest BCUT2D eigenvalue weighted by Crippen LogP contribution is 2.31. The quantitative estimate of drug-likeness (QED) is 0.599. The molecular weight excluding hydrogens is 360 g/mol. The molecule has 0 saturated carbocycles. The van der Waals surface area contributed by atoms with E-state index in [2.05, 4.69) is 14.4 Å². The van der Waals surface area contributed by atoms with Crippen LogP contribution in [-0.4, -0.2) is 47.4 Å². The molecule has 0 unspecified atom stereocenters. The SMILES string of the molecule is COC(=O)c1cc(OS(C)(=O)=O)c2cccc(NS(C)(=O)=O)c2n1. The zero-order valence-electron chi connectivity index (χ0n) is 12.9. The molecular formula is C13H14N2O7S2. The summed E-state index contributed by atoms with van der Waals surface area (Å²) in [6.07, 6.45) is 1.79. The second-order valence-corrected chi connectivity index (χ2v) is 8.18. The molecule has 0 radical (unpaired) electrons. The fourth-order valence-corrected chi connectivity index (χ4v) is 2.97. The molecule has 0 amide bonds. The van der Waals surface area contributed by atoms with Gasteiger partial charge in [0.1, 0.15) is 0 Å². The molecule has 0 fully saturated rings. The van der Waals surface area contributed by atoms with Crippen LogP contribution in [0.3, 0.4) is 0 Å². The molecule has 0 saturated heterocycles. The molecule has 130 valence electrons. The number of aromatic nitrogens is 1. The van der Waals surface area contributed by atoms with Gasteiger partial charge in [0.05, 0.1) is 30.8 Å². The van der Waals surface area contributed by atoms with Crippen molar-refractivity contribution in [1.82, 2.24) is 4.98 Å². The predicted octanol–water partition coefficient (Wildman–Crippen LogP) is 0.731. The van der Waals surface area contributed by atoms with Gasteiger partial charge >= 0.3 is 16.1 Å². The topological polar surface area (TPSA) is 129 Å². The van der Waals surface area contributed by atoms with Crippen LogP contribution in [0.25, 0.3) is 10.9 Å². The van der Waals surface area contributed by atoms with Crippen LogP contribution >= 0.6 is 0 Å². The number of sulfonamides is 1. The number of fused-ring (bicyclic) bond motifs is 1. The number of nitrogens with one attached hydrogen (secondary N) is 1. The van der Waals surface area contributed by atoms with Crippen LogP contribution in [0.15, 0.2) is 24.3 Å². The first-order valence-corrected chi connectivity index (χ1v) is 10.1. The Morgan fingerprint density at radius 3 is 2.38 bits per heavy atom. The number of ether oxygens (including phenoxy) is 1. The van der Waals surface area contributed by atoms with Crippen molar-refractivity contribution in [3.05, 3.63) is 30.0 Å². The van der Waals surface area contributed by atoms with Crippen molar-refractivity contribution in [1.29, 1.82) is 0 Å². The van der Waals surface area contributed by atoms with E-state index in [1.807, 2.05) is 0 Å². The molecule has 2 rings (SSSR count). The number of para-hydroxylation sites is 1. The molecule has 24 heavy (non-hydrogen) atoms. The van der Waals surface area contributed by atoms with Gasteiger partial charge < -0.3 is 8.92 Å². The first-order chi connectivity index (χ1) is 11.0. The molecule has 9 nitrogen and oxygen atoms in total. The minimum atomic E-state index is -3.88. The molecule has 1 N–H and O–H groups in total. The molecule has 0 bridgehead atoms. The number of nitrogens with zero attached hydrogens (tertiary/aromatic N) is 1. The minimum absolute atomic E-state index is 0.0458. The lowest BCUT2D eigenvalue weighted by atomic mass is 10.1. The number of rotatable bonds is 5. The van der Waals surface area contributed by atoms with E-state index in [1.165, 1.54) is 18.2 Å². The maximum Gasteiger partial charge on any atom is 0.356 e. The van der Waals surface area contributed by atoms with E-state index in [9.17, 15) is 21.6 Å². The summed E-state index contributed by atoms with van der Waals surface area (Å²) in [6.45, 7) is 0. The smallest absolute Gasteiger partial charge is 0.356 e. The van der Waals surface area contributed by atoms with Crippen LogP contribution < -0.4 is 8.91 Å². The first-order valence-electron chi connectivity index (χ1n) is 6.39. The third-order valence-electron chi connectivity index (χ3n) is 2.73. The summed E-state index contributed by atoms with van der Waals surface area (Å²) in [7, 11) is -6.37. The summed E-state index contributed by atoms with van der Waals surface area (Å²) in [5.41, 5.74) is -0.116. The van der Waals surface area contributed by atoms with E-state index in [4.69, 9.17) is 4.18 Å². The Hall–Kier alpha value is -2.40. The Bertz CT molecular complexity index is 1010. The van der Waals surface area contributed by atoms with Crippen molar-refractivity contribution >= 4 is 42.7 Å². The van der Waals surface area contributed by atoms with Crippen LogP contribution in [0, 0.1) is 0 Å². The molecule has 1 aromatic heterocycles. The largest absolute Gasteiger partial charge is 0.464 e. The number of carbonyl (C=O) groups is 1. The van der Waals surface area contributed by atoms with E-state index < -0.39 is 26.1 Å². The minimum Gasteiger partial charge on any atom is -0.464 e. The normalized spacial score (nSPS) is 12.0. The van der Waals surface area contributed by atoms with Gasteiger partial charge in [0, 0.05) is 11.5 Å². The van der Waals surface area contributed by atoms with Crippen molar-refractivity contribution < 1.29 is 30.6 Å². The number of carbonyl (C=O) groups excluding carboxylic acids is 1. The first kappa shape index (κ1) is 17.9. The number of methoxy groups -OCH3 is 1. The summed E-state index contributed by atoms with van der Waals surface area (Å²) in [4.78, 5) is 15.8. The number of anilines is 1. The maximum atomic E-state index is 11.7. The highest BCUT2D eigenvalue weighted by molar-refractivity contribution is 7.92. The van der Waals surface area contributed by atoms with Crippen LogP contribution in [-0.2, 0) is 24.9 Å². The fraction of sp³-hybridized carbons (Fsp3) is 0.231. The van der Waals surface area contributed by atoms with E-state index in [0.717, 1.165) is 25.7 Å². The monoisotopic (exact) mass is 374 g/mol. The molecule has 0 atom stereocenters. The maximum absolute atomic E-state index is 11.7. The van der Waals surface area contributed by atoms with Gasteiger partial charge in [0.15, 0.2) is 11.4 Å². The Labute approximate surface area is 138 Å².